The van der Waals surface area contributed by atoms with Crippen molar-refractivity contribution in [3.8, 4) is 5.75 Å². The summed E-state index contributed by atoms with van der Waals surface area (Å²) in [6, 6.07) is 0. The van der Waals surface area contributed by atoms with Crippen LogP contribution in [0.15, 0.2) is 20.7 Å². The molecule has 3 heterocycles. The number of hydrogen-bond donors (Lipinski definition) is 6. The molecule has 1 fully saturated rings. The van der Waals surface area contributed by atoms with Gasteiger partial charge in [0, 0.05) is 6.54 Å². The second-order valence-electron chi connectivity index (χ2n) is 6.08. The third-order valence-corrected chi connectivity index (χ3v) is 4.43. The van der Waals surface area contributed by atoms with E-state index in [1.54, 1.807) is 0 Å². The number of nitrogens with one attached hydrogen (secondary N) is 2. The van der Waals surface area contributed by atoms with Crippen molar-refractivity contribution in [1.29, 1.82) is 0 Å². The summed E-state index contributed by atoms with van der Waals surface area (Å²) in [4.78, 5) is 44.3. The number of nitrogens with two attached hydrogens (primary N) is 1. The van der Waals surface area contributed by atoms with E-state index in [2.05, 4.69) is 20.3 Å². The van der Waals surface area contributed by atoms with Gasteiger partial charge in [0.2, 0.25) is 5.95 Å². The topological polar surface area (TPSA) is 206 Å². The van der Waals surface area contributed by atoms with Crippen LogP contribution in [-0.2, 0) is 4.74 Å². The van der Waals surface area contributed by atoms with Crippen molar-refractivity contribution < 1.29 is 20.1 Å². The summed E-state index contributed by atoms with van der Waals surface area (Å²) in [5.74, 6) is -0.847. The van der Waals surface area contributed by atoms with E-state index >= 15 is 0 Å². The van der Waals surface area contributed by atoms with Crippen LogP contribution in [-0.4, -0.2) is 59.7 Å². The molecule has 1 aromatic carbocycles. The Kier molecular flexibility index (Phi) is 3.73. The highest BCUT2D eigenvalue weighted by molar-refractivity contribution is 5.70. The molecule has 0 saturated carbocycles. The molecule has 0 unspecified atom stereocenters. The Morgan fingerprint density at radius 1 is 1.26 bits per heavy atom. The third-order valence-electron chi connectivity index (χ3n) is 4.43. The van der Waals surface area contributed by atoms with E-state index < -0.39 is 46.7 Å². The number of rotatable bonds is 4. The molecule has 1 aliphatic heterocycles. The number of nitrogens with zero attached hydrogens (tertiary/aromatic N) is 3. The highest BCUT2D eigenvalue weighted by atomic mass is 16.6. The first kappa shape index (κ1) is 17.1. The highest BCUT2D eigenvalue weighted by Crippen LogP contribution is 2.31. The summed E-state index contributed by atoms with van der Waals surface area (Å²) in [7, 11) is 0. The van der Waals surface area contributed by atoms with Crippen LogP contribution in [0.4, 0.5) is 11.6 Å². The van der Waals surface area contributed by atoms with E-state index in [0.29, 0.717) is 0 Å². The number of H-pyrrole nitrogens is 1. The van der Waals surface area contributed by atoms with Crippen LogP contribution in [0.3, 0.4) is 0 Å². The standard InChI is InChI=1S/C14H14N6O7/c15-14-18-11-5(12(26)19-14)17-2-20(11)13-10(25)6(21)3(27-13)1-16-4-7(22)9(24)8(4)23/h2-3,6,10,13,16,21-22,25H,1H2,(H3,15,18,19,26)/t3-,6-,10-,13-/m1/s1. The fourth-order valence-corrected chi connectivity index (χ4v) is 3.00. The van der Waals surface area contributed by atoms with E-state index in [0.717, 1.165) is 0 Å². The average molecular weight is 378 g/mol. The number of aromatic hydroxyl groups is 1. The Morgan fingerprint density at radius 3 is 2.70 bits per heavy atom. The number of aliphatic hydroxyl groups is 2. The Hall–Kier alpha value is -3.29. The van der Waals surface area contributed by atoms with Crippen LogP contribution in [0, 0.1) is 0 Å². The number of ether oxygens (including phenoxy) is 1. The van der Waals surface area contributed by atoms with Gasteiger partial charge in [0.05, 0.1) is 6.33 Å². The van der Waals surface area contributed by atoms with Gasteiger partial charge in [0.25, 0.3) is 16.4 Å². The van der Waals surface area contributed by atoms with Crippen molar-refractivity contribution in [2.75, 3.05) is 17.6 Å². The first-order chi connectivity index (χ1) is 12.8. The molecule has 3 aromatic rings. The zero-order valence-corrected chi connectivity index (χ0v) is 13.5. The average Bonchev–Trinajstić information content (AvgIpc) is 3.17. The maximum absolute atomic E-state index is 11.8. The number of aromatic nitrogens is 4. The number of nitrogen functional groups attached to an aromatic ring is 1. The predicted molar refractivity (Wildman–Crippen MR) is 90.0 cm³/mol. The maximum Gasteiger partial charge on any atom is 0.280 e. The van der Waals surface area contributed by atoms with E-state index in [1.807, 2.05) is 0 Å². The quantitative estimate of drug-likeness (QED) is 0.248. The molecule has 142 valence electrons. The number of aliphatic hydroxyl groups excluding tert-OH is 2. The number of imidazole rings is 1. The predicted octanol–water partition coefficient (Wildman–Crippen LogP) is -3.27. The molecular weight excluding hydrogens is 364 g/mol. The van der Waals surface area contributed by atoms with Crippen molar-refractivity contribution in [1.82, 2.24) is 19.5 Å². The van der Waals surface area contributed by atoms with Crippen LogP contribution in [0.1, 0.15) is 6.23 Å². The summed E-state index contributed by atoms with van der Waals surface area (Å²) in [5.41, 5.74) is 2.83. The monoisotopic (exact) mass is 378 g/mol. The molecule has 7 N–H and O–H groups in total. The summed E-state index contributed by atoms with van der Waals surface area (Å²) in [6.07, 6.45) is -3.69. The SMILES string of the molecule is Nc1nc2c(ncn2[C@@H]2O[C@H](CNc3c(O)c(=O)c3=O)[C@@H](O)[C@H]2O)c(=O)[nH]1. The Morgan fingerprint density at radius 2 is 2.00 bits per heavy atom. The lowest BCUT2D eigenvalue weighted by molar-refractivity contribution is -0.0312. The van der Waals surface area contributed by atoms with Crippen molar-refractivity contribution >= 4 is 22.8 Å². The van der Waals surface area contributed by atoms with Gasteiger partial charge in [-0.2, -0.15) is 4.98 Å². The first-order valence-corrected chi connectivity index (χ1v) is 7.79. The number of anilines is 2. The van der Waals surface area contributed by atoms with Gasteiger partial charge in [-0.25, -0.2) is 4.98 Å². The fourth-order valence-electron chi connectivity index (χ4n) is 3.00. The molecule has 27 heavy (non-hydrogen) atoms. The zero-order chi connectivity index (χ0) is 19.5. The summed E-state index contributed by atoms with van der Waals surface area (Å²) < 4.78 is 6.86. The number of hydrogen-bond acceptors (Lipinski definition) is 11. The largest absolute Gasteiger partial charge is 0.502 e. The zero-order valence-electron chi connectivity index (χ0n) is 13.5. The number of aromatic amines is 1. The van der Waals surface area contributed by atoms with Gasteiger partial charge in [-0.3, -0.25) is 23.9 Å². The third kappa shape index (κ3) is 2.48. The number of fused-ring (bicyclic) bond motifs is 1. The van der Waals surface area contributed by atoms with Crippen molar-refractivity contribution in [3.05, 3.63) is 37.1 Å². The van der Waals surface area contributed by atoms with Crippen LogP contribution < -0.4 is 27.5 Å². The molecule has 1 saturated heterocycles. The molecule has 0 aliphatic carbocycles. The van der Waals surface area contributed by atoms with Gasteiger partial charge >= 0.3 is 0 Å². The van der Waals surface area contributed by atoms with Crippen LogP contribution >= 0.6 is 0 Å². The molecule has 0 spiro atoms. The molecule has 0 amide bonds. The molecule has 4 atom stereocenters. The first-order valence-electron chi connectivity index (χ1n) is 7.79. The molecular formula is C14H14N6O7. The van der Waals surface area contributed by atoms with Crippen LogP contribution in [0.5, 0.6) is 5.75 Å². The van der Waals surface area contributed by atoms with Crippen molar-refractivity contribution in [2.24, 2.45) is 0 Å². The molecule has 13 heteroatoms. The van der Waals surface area contributed by atoms with Gasteiger partial charge in [-0.05, 0) is 0 Å². The van der Waals surface area contributed by atoms with Gasteiger partial charge in [0.1, 0.15) is 24.0 Å². The van der Waals surface area contributed by atoms with Crippen LogP contribution in [0.2, 0.25) is 0 Å². The smallest absolute Gasteiger partial charge is 0.280 e. The molecule has 0 bridgehead atoms. The lowest BCUT2D eigenvalue weighted by Crippen LogP contribution is -2.39. The molecule has 13 nitrogen and oxygen atoms in total. The molecule has 1 aliphatic rings. The summed E-state index contributed by atoms with van der Waals surface area (Å²) >= 11 is 0. The highest BCUT2D eigenvalue weighted by Gasteiger charge is 2.44. The minimum absolute atomic E-state index is 0.0234. The Balaban J connectivity index is 1.58. The van der Waals surface area contributed by atoms with E-state index in [1.165, 1.54) is 10.9 Å². The fraction of sp³-hybridized carbons (Fsp3) is 0.357. The second-order valence-corrected chi connectivity index (χ2v) is 6.08. The van der Waals surface area contributed by atoms with E-state index in [9.17, 15) is 29.7 Å². The molecule has 2 aromatic heterocycles. The normalized spacial score (nSPS) is 25.4. The van der Waals surface area contributed by atoms with E-state index in [-0.39, 0.29) is 29.3 Å². The summed E-state index contributed by atoms with van der Waals surface area (Å²) in [6.45, 7) is -0.171. The minimum Gasteiger partial charge on any atom is -0.502 e. The lowest BCUT2D eigenvalue weighted by Gasteiger charge is -2.17. The maximum atomic E-state index is 11.8. The minimum atomic E-state index is -1.40. The Bertz CT molecular complexity index is 1160. The van der Waals surface area contributed by atoms with E-state index in [4.69, 9.17) is 10.5 Å². The van der Waals surface area contributed by atoms with Crippen molar-refractivity contribution in [2.45, 2.75) is 24.5 Å². The second kappa shape index (κ2) is 5.87. The van der Waals surface area contributed by atoms with Gasteiger partial charge in [-0.15, -0.1) is 0 Å². The van der Waals surface area contributed by atoms with Gasteiger partial charge in [-0.1, -0.05) is 0 Å². The van der Waals surface area contributed by atoms with Gasteiger partial charge < -0.3 is 31.1 Å². The Labute approximate surface area is 148 Å². The lowest BCUT2D eigenvalue weighted by atomic mass is 10.1. The van der Waals surface area contributed by atoms with Crippen molar-refractivity contribution in [3.63, 3.8) is 0 Å². The molecule has 4 rings (SSSR count). The molecule has 0 radical (unpaired) electrons. The summed E-state index contributed by atoms with van der Waals surface area (Å²) in [5, 5.41) is 32.4. The van der Waals surface area contributed by atoms with Gasteiger partial charge in [0.15, 0.2) is 23.1 Å². The van der Waals surface area contributed by atoms with Crippen LogP contribution in [0.25, 0.3) is 11.2 Å².